The predicted octanol–water partition coefficient (Wildman–Crippen LogP) is 3.28. The van der Waals surface area contributed by atoms with Gasteiger partial charge in [-0.25, -0.2) is 8.78 Å². The maximum absolute atomic E-state index is 13.2. The Morgan fingerprint density at radius 1 is 1.16 bits per heavy atom. The second kappa shape index (κ2) is 6.98. The molecule has 0 bridgehead atoms. The lowest BCUT2D eigenvalue weighted by molar-refractivity contribution is -0.0492. The third-order valence-electron chi connectivity index (χ3n) is 4.79. The van der Waals surface area contributed by atoms with Crippen molar-refractivity contribution in [3.05, 3.63) is 0 Å². The monoisotopic (exact) mass is 274 g/mol. The number of likely N-dealkylation sites (tertiary alicyclic amines) is 1. The van der Waals surface area contributed by atoms with E-state index in [-0.39, 0.29) is 12.8 Å². The van der Waals surface area contributed by atoms with Crippen LogP contribution < -0.4 is 5.32 Å². The average molecular weight is 274 g/mol. The number of nitrogens with one attached hydrogen (secondary N) is 1. The quantitative estimate of drug-likeness (QED) is 0.827. The van der Waals surface area contributed by atoms with Crippen LogP contribution in [0.1, 0.15) is 51.4 Å². The van der Waals surface area contributed by atoms with Crippen LogP contribution in [-0.4, -0.2) is 43.5 Å². The molecule has 1 atom stereocenters. The fraction of sp³-hybridized carbons (Fsp3) is 1.00. The zero-order valence-electron chi connectivity index (χ0n) is 12.1. The molecule has 1 unspecified atom stereocenters. The molecule has 1 saturated carbocycles. The van der Waals surface area contributed by atoms with Gasteiger partial charge < -0.3 is 5.32 Å². The van der Waals surface area contributed by atoms with Crippen LogP contribution in [0.25, 0.3) is 0 Å². The van der Waals surface area contributed by atoms with Crippen molar-refractivity contribution in [1.82, 2.24) is 10.2 Å². The summed E-state index contributed by atoms with van der Waals surface area (Å²) in [6.45, 7) is 3.37. The molecule has 0 aromatic rings. The van der Waals surface area contributed by atoms with E-state index in [9.17, 15) is 8.78 Å². The first-order valence-corrected chi connectivity index (χ1v) is 7.87. The number of rotatable bonds is 5. The molecule has 1 aliphatic carbocycles. The third kappa shape index (κ3) is 4.67. The van der Waals surface area contributed by atoms with Gasteiger partial charge in [0, 0.05) is 25.4 Å². The molecule has 0 amide bonds. The zero-order chi connectivity index (χ0) is 13.7. The number of nitrogens with zero attached hydrogens (tertiary/aromatic N) is 1. The van der Waals surface area contributed by atoms with Gasteiger partial charge in [0.05, 0.1) is 0 Å². The fourth-order valence-corrected chi connectivity index (χ4v) is 3.60. The topological polar surface area (TPSA) is 15.3 Å². The Bertz CT molecular complexity index is 255. The first-order chi connectivity index (χ1) is 9.11. The Hall–Kier alpha value is -0.220. The van der Waals surface area contributed by atoms with E-state index in [1.54, 1.807) is 0 Å². The maximum atomic E-state index is 13.2. The lowest BCUT2D eigenvalue weighted by atomic mass is 9.82. The Morgan fingerprint density at radius 3 is 2.37 bits per heavy atom. The highest BCUT2D eigenvalue weighted by Gasteiger charge is 2.36. The minimum Gasteiger partial charge on any atom is -0.318 e. The highest BCUT2D eigenvalue weighted by atomic mass is 19.3. The second-order valence-corrected chi connectivity index (χ2v) is 6.34. The maximum Gasteiger partial charge on any atom is 0.248 e. The van der Waals surface area contributed by atoms with Crippen molar-refractivity contribution in [1.29, 1.82) is 0 Å². The lowest BCUT2D eigenvalue weighted by Crippen LogP contribution is -2.45. The normalized spacial score (nSPS) is 27.3. The van der Waals surface area contributed by atoms with Gasteiger partial charge in [-0.3, -0.25) is 4.90 Å². The molecular formula is C15H28F2N2. The summed E-state index contributed by atoms with van der Waals surface area (Å²) in [7, 11) is 1.99. The standard InChI is InChI=1S/C15H28F2N2/c1-18-12-14(19-9-3-2-4-10-19)11-13-5-7-15(16,17)8-6-13/h13-14,18H,2-12H2,1H3. The molecule has 1 heterocycles. The van der Waals surface area contributed by atoms with Crippen LogP contribution in [0.4, 0.5) is 8.78 Å². The summed E-state index contributed by atoms with van der Waals surface area (Å²) in [4.78, 5) is 2.58. The molecule has 112 valence electrons. The molecule has 0 spiro atoms. The van der Waals surface area contributed by atoms with Crippen LogP contribution >= 0.6 is 0 Å². The van der Waals surface area contributed by atoms with Crippen LogP contribution in [0.3, 0.4) is 0 Å². The van der Waals surface area contributed by atoms with E-state index in [0.717, 1.165) is 13.0 Å². The van der Waals surface area contributed by atoms with E-state index < -0.39 is 5.92 Å². The van der Waals surface area contributed by atoms with E-state index in [0.29, 0.717) is 24.8 Å². The average Bonchev–Trinajstić information content (AvgIpc) is 2.41. The molecule has 1 saturated heterocycles. The third-order valence-corrected chi connectivity index (χ3v) is 4.79. The Labute approximate surface area is 115 Å². The van der Waals surface area contributed by atoms with Gasteiger partial charge in [-0.05, 0) is 58.2 Å². The molecular weight excluding hydrogens is 246 g/mol. The Morgan fingerprint density at radius 2 is 1.79 bits per heavy atom. The minimum absolute atomic E-state index is 0.101. The molecule has 1 aliphatic heterocycles. The summed E-state index contributed by atoms with van der Waals surface area (Å²) in [5.74, 6) is -1.89. The van der Waals surface area contributed by atoms with Crippen molar-refractivity contribution in [3.63, 3.8) is 0 Å². The molecule has 2 rings (SSSR count). The van der Waals surface area contributed by atoms with Crippen LogP contribution in [0.5, 0.6) is 0 Å². The number of halogens is 2. The van der Waals surface area contributed by atoms with Gasteiger partial charge in [-0.15, -0.1) is 0 Å². The van der Waals surface area contributed by atoms with Gasteiger partial charge in [0.2, 0.25) is 5.92 Å². The van der Waals surface area contributed by atoms with E-state index in [1.165, 1.54) is 32.4 Å². The van der Waals surface area contributed by atoms with E-state index in [2.05, 4.69) is 10.2 Å². The number of piperidine rings is 1. The highest BCUT2D eigenvalue weighted by Crippen LogP contribution is 2.38. The van der Waals surface area contributed by atoms with Gasteiger partial charge in [-0.2, -0.15) is 0 Å². The summed E-state index contributed by atoms with van der Waals surface area (Å²) in [5.41, 5.74) is 0. The Kier molecular flexibility index (Phi) is 5.58. The van der Waals surface area contributed by atoms with Gasteiger partial charge in [-0.1, -0.05) is 6.42 Å². The van der Waals surface area contributed by atoms with Gasteiger partial charge >= 0.3 is 0 Å². The fourth-order valence-electron chi connectivity index (χ4n) is 3.60. The van der Waals surface area contributed by atoms with Gasteiger partial charge in [0.15, 0.2) is 0 Å². The smallest absolute Gasteiger partial charge is 0.248 e. The minimum atomic E-state index is -2.39. The van der Waals surface area contributed by atoms with Crippen molar-refractivity contribution in [2.45, 2.75) is 63.3 Å². The molecule has 4 heteroatoms. The number of alkyl halides is 2. The highest BCUT2D eigenvalue weighted by molar-refractivity contribution is 4.84. The molecule has 2 fully saturated rings. The lowest BCUT2D eigenvalue weighted by Gasteiger charge is -2.38. The molecule has 2 aliphatic rings. The van der Waals surface area contributed by atoms with Crippen molar-refractivity contribution in [3.8, 4) is 0 Å². The predicted molar refractivity (Wildman–Crippen MR) is 74.7 cm³/mol. The Balaban J connectivity index is 1.82. The number of likely N-dealkylation sites (N-methyl/N-ethyl adjacent to an activating group) is 1. The van der Waals surface area contributed by atoms with Gasteiger partial charge in [0.25, 0.3) is 0 Å². The van der Waals surface area contributed by atoms with E-state index in [4.69, 9.17) is 0 Å². The summed E-state index contributed by atoms with van der Waals surface area (Å²) in [6.07, 6.45) is 6.65. The number of hydrogen-bond donors (Lipinski definition) is 1. The largest absolute Gasteiger partial charge is 0.318 e. The number of hydrogen-bond acceptors (Lipinski definition) is 2. The summed E-state index contributed by atoms with van der Waals surface area (Å²) in [6, 6.07) is 0.544. The van der Waals surface area contributed by atoms with Crippen LogP contribution in [0.15, 0.2) is 0 Å². The summed E-state index contributed by atoms with van der Waals surface area (Å²) >= 11 is 0. The molecule has 0 radical (unpaired) electrons. The zero-order valence-corrected chi connectivity index (χ0v) is 12.1. The van der Waals surface area contributed by atoms with Crippen LogP contribution in [0.2, 0.25) is 0 Å². The van der Waals surface area contributed by atoms with Gasteiger partial charge in [0.1, 0.15) is 0 Å². The van der Waals surface area contributed by atoms with Crippen molar-refractivity contribution < 1.29 is 8.78 Å². The SMILES string of the molecule is CNCC(CC1CCC(F)(F)CC1)N1CCCCC1. The summed E-state index contributed by atoms with van der Waals surface area (Å²) < 4.78 is 26.4. The molecule has 0 aromatic carbocycles. The molecule has 0 aromatic heterocycles. The first kappa shape index (κ1) is 15.2. The second-order valence-electron chi connectivity index (χ2n) is 6.34. The summed E-state index contributed by atoms with van der Waals surface area (Å²) in [5, 5.41) is 3.28. The van der Waals surface area contributed by atoms with Crippen molar-refractivity contribution in [2.75, 3.05) is 26.7 Å². The van der Waals surface area contributed by atoms with Crippen molar-refractivity contribution in [2.24, 2.45) is 5.92 Å². The molecule has 2 nitrogen and oxygen atoms in total. The van der Waals surface area contributed by atoms with E-state index >= 15 is 0 Å². The first-order valence-electron chi connectivity index (χ1n) is 7.87. The van der Waals surface area contributed by atoms with Crippen LogP contribution in [-0.2, 0) is 0 Å². The molecule has 19 heavy (non-hydrogen) atoms. The molecule has 1 N–H and O–H groups in total. The van der Waals surface area contributed by atoms with Crippen molar-refractivity contribution >= 4 is 0 Å². The van der Waals surface area contributed by atoms with Crippen LogP contribution in [0, 0.1) is 5.92 Å². The van der Waals surface area contributed by atoms with E-state index in [1.807, 2.05) is 7.05 Å².